The Balaban J connectivity index is 1.88. The molecule has 0 fully saturated rings. The molecule has 0 N–H and O–H groups in total. The third-order valence-electron chi connectivity index (χ3n) is 5.70. The third-order valence-corrected chi connectivity index (χ3v) is 6.19. The molecule has 4 aromatic rings. The van der Waals surface area contributed by atoms with Crippen LogP contribution in [0, 0.1) is 0 Å². The van der Waals surface area contributed by atoms with Crippen molar-refractivity contribution in [2.45, 2.75) is 39.2 Å². The Morgan fingerprint density at radius 1 is 1.17 bits per heavy atom. The van der Waals surface area contributed by atoms with Gasteiger partial charge in [-0.1, -0.05) is 59.6 Å². The van der Waals surface area contributed by atoms with E-state index < -0.39 is 12.1 Å². The van der Waals surface area contributed by atoms with E-state index in [1.807, 2.05) is 42.5 Å². The van der Waals surface area contributed by atoms with Gasteiger partial charge in [-0.3, -0.25) is 4.79 Å². The quantitative estimate of drug-likeness (QED) is 0.220. The van der Waals surface area contributed by atoms with Crippen molar-refractivity contribution in [1.29, 1.82) is 0 Å². The number of ether oxygens (including phenoxy) is 2. The number of esters is 1. The summed E-state index contributed by atoms with van der Waals surface area (Å²) in [6, 6.07) is 16.9. The van der Waals surface area contributed by atoms with Crippen LogP contribution in [0.1, 0.15) is 38.1 Å². The molecule has 4 rings (SSSR count). The number of fused-ring (bicyclic) bond motifs is 2. The van der Waals surface area contributed by atoms with E-state index in [0.29, 0.717) is 34.5 Å². The number of halogens is 1. The highest BCUT2D eigenvalue weighted by Crippen LogP contribution is 2.28. The number of aromatic nitrogens is 2. The number of hydrogen-bond acceptors (Lipinski definition) is 6. The zero-order valence-corrected chi connectivity index (χ0v) is 21.4. The van der Waals surface area contributed by atoms with Crippen LogP contribution in [0.2, 0.25) is 0 Å². The molecular weight excluding hydrogens is 510 g/mol. The second-order valence-electron chi connectivity index (χ2n) is 8.14. The number of aryl methyl sites for hydroxylation is 1. The molecule has 35 heavy (non-hydrogen) atoms. The number of methoxy groups -OCH3 is 1. The molecule has 0 saturated heterocycles. The second kappa shape index (κ2) is 10.8. The first kappa shape index (κ1) is 24.6. The van der Waals surface area contributed by atoms with Gasteiger partial charge in [0.1, 0.15) is 11.6 Å². The highest BCUT2D eigenvalue weighted by atomic mass is 79.9. The molecule has 180 valence electrons. The molecule has 0 unspecified atom stereocenters. The van der Waals surface area contributed by atoms with E-state index in [0.717, 1.165) is 28.1 Å². The van der Waals surface area contributed by atoms with E-state index in [4.69, 9.17) is 14.5 Å². The van der Waals surface area contributed by atoms with E-state index in [1.165, 1.54) is 11.8 Å². The fourth-order valence-corrected chi connectivity index (χ4v) is 4.20. The lowest BCUT2D eigenvalue weighted by molar-refractivity contribution is -0.147. The van der Waals surface area contributed by atoms with Crippen molar-refractivity contribution in [3.63, 3.8) is 0 Å². The zero-order chi connectivity index (χ0) is 24.9. The van der Waals surface area contributed by atoms with Gasteiger partial charge >= 0.3 is 5.97 Å². The lowest BCUT2D eigenvalue weighted by Gasteiger charge is -2.16. The number of carbonyl (C=O) groups excluding carboxylic acids is 1. The van der Waals surface area contributed by atoms with Crippen molar-refractivity contribution in [2.75, 3.05) is 7.11 Å². The zero-order valence-electron chi connectivity index (χ0n) is 19.8. The predicted molar refractivity (Wildman–Crippen MR) is 141 cm³/mol. The summed E-state index contributed by atoms with van der Waals surface area (Å²) in [5.41, 5.74) is 1.04. The number of unbranched alkanes of at least 4 members (excludes halogenated alkanes) is 1. The molecule has 0 aliphatic rings. The van der Waals surface area contributed by atoms with Gasteiger partial charge in [0.05, 0.1) is 24.2 Å². The molecule has 3 aromatic carbocycles. The molecule has 7 nitrogen and oxygen atoms in total. The van der Waals surface area contributed by atoms with Crippen LogP contribution in [0.4, 0.5) is 0 Å². The molecule has 0 amide bonds. The van der Waals surface area contributed by atoms with Crippen LogP contribution in [0.15, 0.2) is 69.0 Å². The molecule has 0 bridgehead atoms. The Labute approximate surface area is 211 Å². The molecule has 0 saturated carbocycles. The first-order valence-corrected chi connectivity index (χ1v) is 12.2. The Morgan fingerprint density at radius 3 is 2.74 bits per heavy atom. The summed E-state index contributed by atoms with van der Waals surface area (Å²) in [7, 11) is 1.32. The van der Waals surface area contributed by atoms with Gasteiger partial charge in [0.2, 0.25) is 0 Å². The molecule has 0 radical (unpaired) electrons. The van der Waals surface area contributed by atoms with Crippen molar-refractivity contribution >= 4 is 49.8 Å². The first-order valence-electron chi connectivity index (χ1n) is 11.4. The maximum absolute atomic E-state index is 13.4. The average molecular weight is 536 g/mol. The lowest BCUT2D eigenvalue weighted by atomic mass is 10.0. The predicted octanol–water partition coefficient (Wildman–Crippen LogP) is 5.48. The van der Waals surface area contributed by atoms with E-state index >= 15 is 0 Å². The minimum absolute atomic E-state index is 0.246. The van der Waals surface area contributed by atoms with Gasteiger partial charge in [-0.05, 0) is 48.4 Å². The largest absolute Gasteiger partial charge is 0.478 e. The van der Waals surface area contributed by atoms with Gasteiger partial charge < -0.3 is 9.47 Å². The number of rotatable bonds is 8. The highest BCUT2D eigenvalue weighted by Gasteiger charge is 2.18. The molecule has 0 aliphatic heterocycles. The first-order chi connectivity index (χ1) is 16.9. The van der Waals surface area contributed by atoms with E-state index in [9.17, 15) is 9.59 Å². The molecule has 1 aromatic heterocycles. The van der Waals surface area contributed by atoms with Gasteiger partial charge in [0.15, 0.2) is 6.10 Å². The van der Waals surface area contributed by atoms with Crippen LogP contribution >= 0.6 is 15.9 Å². The Bertz CT molecular complexity index is 1480. The lowest BCUT2D eigenvalue weighted by Crippen LogP contribution is -2.25. The minimum Gasteiger partial charge on any atom is -0.478 e. The van der Waals surface area contributed by atoms with Crippen molar-refractivity contribution in [3.8, 4) is 5.75 Å². The normalized spacial score (nSPS) is 12.3. The molecule has 1 heterocycles. The summed E-state index contributed by atoms with van der Waals surface area (Å²) in [6.07, 6.45) is 3.25. The van der Waals surface area contributed by atoms with E-state index in [-0.39, 0.29) is 5.56 Å². The van der Waals surface area contributed by atoms with Gasteiger partial charge in [-0.15, -0.1) is 0 Å². The second-order valence-corrected chi connectivity index (χ2v) is 9.05. The third kappa shape index (κ3) is 5.27. The Morgan fingerprint density at radius 2 is 1.97 bits per heavy atom. The molecular formula is C27H26BrN3O4. The average Bonchev–Trinajstić information content (AvgIpc) is 2.87. The van der Waals surface area contributed by atoms with Crippen LogP contribution in [0.25, 0.3) is 21.7 Å². The Hall–Kier alpha value is -3.52. The number of hydrogen-bond donors (Lipinski definition) is 0. The maximum atomic E-state index is 13.4. The molecule has 8 heteroatoms. The van der Waals surface area contributed by atoms with Gasteiger partial charge in [-0.2, -0.15) is 9.78 Å². The standard InChI is InChI=1S/C27H26BrN3O4/c1-4-5-10-25-30-23-13-12-19(28)15-21(23)26(32)31(25)29-16-22-20-9-7-6-8-18(20)11-14-24(22)35-17(2)27(33)34-3/h6-9,11-17H,4-5,10H2,1-3H3/t17-/m0/s1. The highest BCUT2D eigenvalue weighted by molar-refractivity contribution is 9.10. The molecule has 0 aliphatic carbocycles. The molecule has 0 spiro atoms. The summed E-state index contributed by atoms with van der Waals surface area (Å²) >= 11 is 3.44. The van der Waals surface area contributed by atoms with Crippen LogP contribution in [0.3, 0.4) is 0 Å². The van der Waals surface area contributed by atoms with Crippen LogP contribution in [0.5, 0.6) is 5.75 Å². The van der Waals surface area contributed by atoms with Crippen LogP contribution in [-0.4, -0.2) is 35.1 Å². The van der Waals surface area contributed by atoms with Crippen molar-refractivity contribution in [3.05, 3.63) is 80.8 Å². The molecule has 1 atom stereocenters. The number of benzene rings is 3. The van der Waals surface area contributed by atoms with Gasteiger partial charge in [-0.25, -0.2) is 9.78 Å². The topological polar surface area (TPSA) is 82.8 Å². The SMILES string of the molecule is CCCCc1nc2ccc(Br)cc2c(=O)n1N=Cc1c(O[C@@H](C)C(=O)OC)ccc2ccccc12. The van der Waals surface area contributed by atoms with Crippen LogP contribution in [-0.2, 0) is 16.0 Å². The summed E-state index contributed by atoms with van der Waals surface area (Å²) in [6.45, 7) is 3.71. The van der Waals surface area contributed by atoms with Crippen molar-refractivity contribution in [2.24, 2.45) is 5.10 Å². The summed E-state index contributed by atoms with van der Waals surface area (Å²) in [5.74, 6) is 0.571. The number of nitrogens with zero attached hydrogens (tertiary/aromatic N) is 3. The number of carbonyl (C=O) groups is 1. The fraction of sp³-hybridized carbons (Fsp3) is 0.259. The van der Waals surface area contributed by atoms with Crippen molar-refractivity contribution in [1.82, 2.24) is 9.66 Å². The fourth-order valence-electron chi connectivity index (χ4n) is 3.84. The smallest absolute Gasteiger partial charge is 0.346 e. The summed E-state index contributed by atoms with van der Waals surface area (Å²) < 4.78 is 12.9. The summed E-state index contributed by atoms with van der Waals surface area (Å²) in [5, 5.41) is 6.93. The van der Waals surface area contributed by atoms with Gasteiger partial charge in [0, 0.05) is 16.5 Å². The van der Waals surface area contributed by atoms with Crippen molar-refractivity contribution < 1.29 is 14.3 Å². The van der Waals surface area contributed by atoms with E-state index in [2.05, 4.69) is 28.0 Å². The maximum Gasteiger partial charge on any atom is 0.346 e. The summed E-state index contributed by atoms with van der Waals surface area (Å²) in [4.78, 5) is 30.1. The Kier molecular flexibility index (Phi) is 7.60. The van der Waals surface area contributed by atoms with Gasteiger partial charge in [0.25, 0.3) is 5.56 Å². The monoisotopic (exact) mass is 535 g/mol. The van der Waals surface area contributed by atoms with E-state index in [1.54, 1.807) is 25.3 Å². The minimum atomic E-state index is -0.809. The van der Waals surface area contributed by atoms with Crippen LogP contribution < -0.4 is 10.3 Å².